The maximum atomic E-state index is 13.8. The van der Waals surface area contributed by atoms with Crippen molar-refractivity contribution in [3.05, 3.63) is 82.2 Å². The van der Waals surface area contributed by atoms with Crippen molar-refractivity contribution in [2.75, 3.05) is 23.0 Å². The first kappa shape index (κ1) is 25.1. The van der Waals surface area contributed by atoms with Crippen molar-refractivity contribution < 1.29 is 30.9 Å². The molecule has 1 heterocycles. The Morgan fingerprint density at radius 3 is 2.47 bits per heavy atom. The summed E-state index contributed by atoms with van der Waals surface area (Å²) in [5.41, 5.74) is 2.24. The largest absolute Gasteiger partial charge is 0.497 e. The average molecular weight is 535 g/mol. The highest BCUT2D eigenvalue weighted by Crippen LogP contribution is 2.30. The van der Waals surface area contributed by atoms with Crippen LogP contribution in [-0.4, -0.2) is 40.3 Å². The molecule has 0 atom stereocenters. The predicted molar refractivity (Wildman–Crippen MR) is 130 cm³/mol. The number of methoxy groups -OCH3 is 1. The molecule has 0 bridgehead atoms. The van der Waals surface area contributed by atoms with Gasteiger partial charge < -0.3 is 4.74 Å². The van der Waals surface area contributed by atoms with Gasteiger partial charge in [-0.2, -0.15) is 5.10 Å². The average Bonchev–Trinajstić information content (AvgIpc) is 2.83. The van der Waals surface area contributed by atoms with E-state index in [0.29, 0.717) is 5.75 Å². The van der Waals surface area contributed by atoms with Gasteiger partial charge in [0.1, 0.15) is 17.3 Å². The van der Waals surface area contributed by atoms with Gasteiger partial charge in [-0.05, 0) is 54.6 Å². The number of hydrogen-bond donors (Lipinski definition) is 2. The lowest BCUT2D eigenvalue weighted by Gasteiger charge is -2.18. The zero-order valence-corrected chi connectivity index (χ0v) is 20.3. The molecule has 188 valence electrons. The third-order valence-corrected chi connectivity index (χ3v) is 8.47. The fraction of sp³-hybridized carbons (Fsp3) is 0.136. The summed E-state index contributed by atoms with van der Waals surface area (Å²) >= 11 is 0. The maximum absolute atomic E-state index is 13.8. The Kier molecular flexibility index (Phi) is 6.65. The number of benzene rings is 3. The monoisotopic (exact) mass is 534 g/mol. The molecule has 0 saturated heterocycles. The van der Waals surface area contributed by atoms with Crippen LogP contribution in [0.1, 0.15) is 12.0 Å². The zero-order valence-electron chi connectivity index (χ0n) is 18.6. The first-order valence-electron chi connectivity index (χ1n) is 10.3. The fourth-order valence-electron chi connectivity index (χ4n) is 3.52. The van der Waals surface area contributed by atoms with Crippen LogP contribution in [0, 0.1) is 15.9 Å². The molecule has 1 aliphatic rings. The van der Waals surface area contributed by atoms with Crippen molar-refractivity contribution in [1.82, 2.24) is 0 Å². The lowest BCUT2D eigenvalue weighted by atomic mass is 10.1. The van der Waals surface area contributed by atoms with E-state index in [1.54, 1.807) is 12.1 Å². The standard InChI is InChI=1S/C22H19FN4O7S2/c1-34-16-5-3-15(4-6-16)26-36(32,33)17-7-8-20(21(13-17)27(28)29)25-24-19-10-11-35(30,31)22-9-2-14(23)12-18(19)22/h2-9,12-13,25-26H,10-11H2,1H3/b24-19+. The molecule has 0 aliphatic carbocycles. The number of sulfonamides is 1. The number of sulfone groups is 1. The maximum Gasteiger partial charge on any atom is 0.295 e. The van der Waals surface area contributed by atoms with Crippen LogP contribution in [0.15, 0.2) is 75.6 Å². The van der Waals surface area contributed by atoms with Crippen LogP contribution >= 0.6 is 0 Å². The molecule has 0 amide bonds. The van der Waals surface area contributed by atoms with Gasteiger partial charge in [-0.1, -0.05) is 0 Å². The van der Waals surface area contributed by atoms with Gasteiger partial charge in [0.25, 0.3) is 15.7 Å². The third-order valence-electron chi connectivity index (χ3n) is 5.32. The quantitative estimate of drug-likeness (QED) is 0.265. The molecule has 3 aromatic carbocycles. The Balaban J connectivity index is 1.64. The van der Waals surface area contributed by atoms with Gasteiger partial charge in [0.05, 0.1) is 33.3 Å². The van der Waals surface area contributed by atoms with E-state index in [0.717, 1.165) is 36.4 Å². The number of fused-ring (bicyclic) bond motifs is 1. The molecule has 14 heteroatoms. The molecule has 0 saturated carbocycles. The molecule has 0 aromatic heterocycles. The van der Waals surface area contributed by atoms with Crippen molar-refractivity contribution in [3.8, 4) is 5.75 Å². The molecule has 0 radical (unpaired) electrons. The lowest BCUT2D eigenvalue weighted by Crippen LogP contribution is -2.23. The summed E-state index contributed by atoms with van der Waals surface area (Å²) < 4.78 is 71.2. The van der Waals surface area contributed by atoms with Crippen LogP contribution in [0.4, 0.5) is 21.5 Å². The lowest BCUT2D eigenvalue weighted by molar-refractivity contribution is -0.384. The van der Waals surface area contributed by atoms with Crippen molar-refractivity contribution in [2.24, 2.45) is 5.10 Å². The molecule has 36 heavy (non-hydrogen) atoms. The fourth-order valence-corrected chi connectivity index (χ4v) is 6.06. The van der Waals surface area contributed by atoms with E-state index in [4.69, 9.17) is 4.74 Å². The minimum Gasteiger partial charge on any atom is -0.497 e. The van der Waals surface area contributed by atoms with E-state index in [-0.39, 0.29) is 44.6 Å². The van der Waals surface area contributed by atoms with Gasteiger partial charge in [0, 0.05) is 23.7 Å². The number of hydrogen-bond acceptors (Lipinski definition) is 9. The second-order valence-electron chi connectivity index (χ2n) is 7.65. The predicted octanol–water partition coefficient (Wildman–Crippen LogP) is 3.54. The minimum absolute atomic E-state index is 0.0438. The minimum atomic E-state index is -4.17. The van der Waals surface area contributed by atoms with E-state index >= 15 is 0 Å². The van der Waals surface area contributed by atoms with Gasteiger partial charge in [-0.25, -0.2) is 21.2 Å². The van der Waals surface area contributed by atoms with Crippen LogP contribution in [0.25, 0.3) is 0 Å². The second kappa shape index (κ2) is 9.54. The van der Waals surface area contributed by atoms with E-state index < -0.39 is 36.3 Å². The van der Waals surface area contributed by atoms with E-state index in [2.05, 4.69) is 15.2 Å². The number of anilines is 2. The van der Waals surface area contributed by atoms with Gasteiger partial charge in [0.2, 0.25) is 0 Å². The first-order valence-corrected chi connectivity index (χ1v) is 13.4. The third kappa shape index (κ3) is 5.13. The highest BCUT2D eigenvalue weighted by atomic mass is 32.2. The van der Waals surface area contributed by atoms with Gasteiger partial charge in [-0.15, -0.1) is 0 Å². The molecule has 3 aromatic rings. The molecule has 0 spiro atoms. The summed E-state index contributed by atoms with van der Waals surface area (Å²) in [7, 11) is -6.31. The van der Waals surface area contributed by atoms with E-state index in [1.807, 2.05) is 0 Å². The highest BCUT2D eigenvalue weighted by molar-refractivity contribution is 7.92. The molecular formula is C22H19FN4O7S2. The molecule has 0 fully saturated rings. The topological polar surface area (TPSA) is 157 Å². The van der Waals surface area contributed by atoms with Crippen molar-refractivity contribution in [1.29, 1.82) is 0 Å². The smallest absolute Gasteiger partial charge is 0.295 e. The Bertz CT molecular complexity index is 1590. The molecule has 4 rings (SSSR count). The first-order chi connectivity index (χ1) is 17.0. The van der Waals surface area contributed by atoms with Crippen LogP contribution in [0.3, 0.4) is 0 Å². The molecule has 0 unspecified atom stereocenters. The summed E-state index contributed by atoms with van der Waals surface area (Å²) in [5.74, 6) is -0.405. The summed E-state index contributed by atoms with van der Waals surface area (Å²) in [5, 5.41) is 15.7. The Hall–Kier alpha value is -4.04. The normalized spacial score (nSPS) is 15.7. The summed E-state index contributed by atoms with van der Waals surface area (Å²) in [6.45, 7) is 0. The van der Waals surface area contributed by atoms with Gasteiger partial charge in [0.15, 0.2) is 9.84 Å². The number of nitrogens with zero attached hydrogens (tertiary/aromatic N) is 2. The molecular weight excluding hydrogens is 515 g/mol. The number of rotatable bonds is 7. The number of hydrazone groups is 1. The number of nitrogens with one attached hydrogen (secondary N) is 2. The highest BCUT2D eigenvalue weighted by Gasteiger charge is 2.28. The summed E-state index contributed by atoms with van der Waals surface area (Å²) in [6, 6.07) is 12.4. The zero-order chi connectivity index (χ0) is 26.1. The Morgan fingerprint density at radius 1 is 1.08 bits per heavy atom. The SMILES string of the molecule is COc1ccc(NS(=O)(=O)c2ccc(N/N=C3\CCS(=O)(=O)c4ccc(F)cc43)c([N+](=O)[O-])c2)cc1. The molecule has 11 nitrogen and oxygen atoms in total. The molecule has 1 aliphatic heterocycles. The van der Waals surface area contributed by atoms with Crippen molar-refractivity contribution in [3.63, 3.8) is 0 Å². The van der Waals surface area contributed by atoms with Crippen LogP contribution in [-0.2, 0) is 19.9 Å². The van der Waals surface area contributed by atoms with Crippen LogP contribution in [0.2, 0.25) is 0 Å². The van der Waals surface area contributed by atoms with E-state index in [1.165, 1.54) is 19.2 Å². The summed E-state index contributed by atoms with van der Waals surface area (Å²) in [4.78, 5) is 10.4. The summed E-state index contributed by atoms with van der Waals surface area (Å²) in [6.07, 6.45) is -0.0438. The number of ether oxygens (including phenoxy) is 1. The van der Waals surface area contributed by atoms with Crippen molar-refractivity contribution >= 4 is 42.6 Å². The number of nitro groups is 1. The van der Waals surface area contributed by atoms with Crippen LogP contribution in [0.5, 0.6) is 5.75 Å². The van der Waals surface area contributed by atoms with Gasteiger partial charge in [-0.3, -0.25) is 20.3 Å². The van der Waals surface area contributed by atoms with Crippen LogP contribution < -0.4 is 14.9 Å². The Morgan fingerprint density at radius 2 is 1.81 bits per heavy atom. The van der Waals surface area contributed by atoms with E-state index in [9.17, 15) is 31.3 Å². The number of halogens is 1. The van der Waals surface area contributed by atoms with Gasteiger partial charge >= 0.3 is 0 Å². The second-order valence-corrected chi connectivity index (χ2v) is 11.4. The van der Waals surface area contributed by atoms with Crippen molar-refractivity contribution in [2.45, 2.75) is 16.2 Å². The molecule has 2 N–H and O–H groups in total. The Labute approximate surface area is 205 Å². The number of nitro benzene ring substituents is 1.